The minimum absolute atomic E-state index is 0.0548. The van der Waals surface area contributed by atoms with Crippen LogP contribution in [0.3, 0.4) is 0 Å². The van der Waals surface area contributed by atoms with E-state index in [0.717, 1.165) is 12.8 Å². The van der Waals surface area contributed by atoms with Gasteiger partial charge in [0.05, 0.1) is 18.0 Å². The van der Waals surface area contributed by atoms with Crippen LogP contribution in [0, 0.1) is 0 Å². The molecule has 0 spiro atoms. The van der Waals surface area contributed by atoms with Gasteiger partial charge in [-0.25, -0.2) is 9.59 Å². The second kappa shape index (κ2) is 7.59. The van der Waals surface area contributed by atoms with Crippen LogP contribution in [0.15, 0.2) is 0 Å². The third-order valence-corrected chi connectivity index (χ3v) is 4.29. The standard InChI is InChI=1S/C12H22N2O4S/c1-4-5-10-14(9(7-19-10)11(15)16)12(17)13-8(2)6-18-3/h8-10H,4-7H2,1-3H3,(H,13,17)(H,15,16). The van der Waals surface area contributed by atoms with Crippen molar-refractivity contribution >= 4 is 23.8 Å². The number of amides is 2. The highest BCUT2D eigenvalue weighted by Gasteiger charge is 2.41. The second-order valence-corrected chi connectivity index (χ2v) is 5.85. The molecule has 19 heavy (non-hydrogen) atoms. The quantitative estimate of drug-likeness (QED) is 0.772. The van der Waals surface area contributed by atoms with E-state index < -0.39 is 12.0 Å². The van der Waals surface area contributed by atoms with E-state index in [2.05, 4.69) is 5.32 Å². The Kier molecular flexibility index (Phi) is 6.44. The predicted molar refractivity (Wildman–Crippen MR) is 74.3 cm³/mol. The van der Waals surface area contributed by atoms with E-state index in [1.807, 2.05) is 13.8 Å². The van der Waals surface area contributed by atoms with Gasteiger partial charge in [-0.2, -0.15) is 0 Å². The second-order valence-electron chi connectivity index (χ2n) is 4.64. The highest BCUT2D eigenvalue weighted by atomic mass is 32.2. The van der Waals surface area contributed by atoms with Gasteiger partial charge in [0.1, 0.15) is 6.04 Å². The normalized spacial score (nSPS) is 24.3. The van der Waals surface area contributed by atoms with Crippen molar-refractivity contribution in [3.05, 3.63) is 0 Å². The molecule has 2 N–H and O–H groups in total. The highest BCUT2D eigenvalue weighted by molar-refractivity contribution is 8.00. The fourth-order valence-electron chi connectivity index (χ4n) is 2.07. The maximum Gasteiger partial charge on any atom is 0.327 e. The van der Waals surface area contributed by atoms with Crippen molar-refractivity contribution in [3.63, 3.8) is 0 Å². The van der Waals surface area contributed by atoms with Crippen LogP contribution in [0.1, 0.15) is 26.7 Å². The zero-order chi connectivity index (χ0) is 14.4. The molecule has 0 aromatic heterocycles. The first-order valence-corrected chi connectivity index (χ1v) is 7.48. The van der Waals surface area contributed by atoms with Gasteiger partial charge in [-0.15, -0.1) is 11.8 Å². The number of urea groups is 1. The smallest absolute Gasteiger partial charge is 0.327 e. The number of nitrogens with one attached hydrogen (secondary N) is 1. The van der Waals surface area contributed by atoms with Crippen LogP contribution in [0.4, 0.5) is 4.79 Å². The maximum atomic E-state index is 12.2. The molecule has 3 unspecified atom stereocenters. The third kappa shape index (κ3) is 4.28. The SMILES string of the molecule is CCCC1SCC(C(=O)O)N1C(=O)NC(C)COC. The van der Waals surface area contributed by atoms with Crippen molar-refractivity contribution in [1.29, 1.82) is 0 Å². The van der Waals surface area contributed by atoms with Gasteiger partial charge >= 0.3 is 12.0 Å². The molecule has 1 aliphatic rings. The number of methoxy groups -OCH3 is 1. The zero-order valence-corrected chi connectivity index (χ0v) is 12.4. The molecule has 2 amide bonds. The lowest BCUT2D eigenvalue weighted by atomic mass is 10.2. The Morgan fingerprint density at radius 1 is 1.58 bits per heavy atom. The molecule has 3 atom stereocenters. The molecule has 0 aliphatic carbocycles. The first-order chi connectivity index (χ1) is 9.01. The summed E-state index contributed by atoms with van der Waals surface area (Å²) in [5, 5.41) is 11.9. The zero-order valence-electron chi connectivity index (χ0n) is 11.6. The van der Waals surface area contributed by atoms with Crippen LogP contribution >= 0.6 is 11.8 Å². The van der Waals surface area contributed by atoms with Gasteiger partial charge in [0, 0.05) is 12.9 Å². The van der Waals surface area contributed by atoms with Gasteiger partial charge in [0.15, 0.2) is 0 Å². The van der Waals surface area contributed by atoms with E-state index in [1.54, 1.807) is 7.11 Å². The van der Waals surface area contributed by atoms with Crippen LogP contribution in [-0.4, -0.2) is 58.9 Å². The summed E-state index contributed by atoms with van der Waals surface area (Å²) < 4.78 is 4.96. The lowest BCUT2D eigenvalue weighted by Crippen LogP contribution is -2.52. The average Bonchev–Trinajstić information content (AvgIpc) is 2.73. The van der Waals surface area contributed by atoms with Gasteiger partial charge in [-0.3, -0.25) is 4.90 Å². The summed E-state index contributed by atoms with van der Waals surface area (Å²) in [6, 6.07) is -1.20. The van der Waals surface area contributed by atoms with E-state index in [9.17, 15) is 14.7 Å². The Morgan fingerprint density at radius 3 is 2.79 bits per heavy atom. The summed E-state index contributed by atoms with van der Waals surface area (Å²) in [6.07, 6.45) is 1.72. The van der Waals surface area contributed by atoms with Crippen molar-refractivity contribution in [3.8, 4) is 0 Å². The molecule has 1 aliphatic heterocycles. The van der Waals surface area contributed by atoms with E-state index in [0.29, 0.717) is 12.4 Å². The molecule has 0 saturated carbocycles. The molecule has 1 fully saturated rings. The molecule has 0 bridgehead atoms. The molecule has 1 saturated heterocycles. The summed E-state index contributed by atoms with van der Waals surface area (Å²) in [4.78, 5) is 24.9. The topological polar surface area (TPSA) is 78.9 Å². The van der Waals surface area contributed by atoms with E-state index in [4.69, 9.17) is 4.74 Å². The van der Waals surface area contributed by atoms with Crippen LogP contribution in [0.25, 0.3) is 0 Å². The molecule has 6 nitrogen and oxygen atoms in total. The number of rotatable bonds is 6. The minimum atomic E-state index is -0.944. The van der Waals surface area contributed by atoms with Crippen molar-refractivity contribution < 1.29 is 19.4 Å². The molecule has 1 rings (SSSR count). The van der Waals surface area contributed by atoms with E-state index in [1.165, 1.54) is 16.7 Å². The first-order valence-electron chi connectivity index (χ1n) is 6.43. The Hall–Kier alpha value is -0.950. The predicted octanol–water partition coefficient (Wildman–Crippen LogP) is 1.36. The fraction of sp³-hybridized carbons (Fsp3) is 0.833. The highest BCUT2D eigenvalue weighted by Crippen LogP contribution is 2.32. The van der Waals surface area contributed by atoms with Gasteiger partial charge in [-0.1, -0.05) is 13.3 Å². The van der Waals surface area contributed by atoms with Crippen molar-refractivity contribution in [2.75, 3.05) is 19.5 Å². The number of carbonyl (C=O) groups excluding carboxylic acids is 1. The van der Waals surface area contributed by atoms with Crippen molar-refractivity contribution in [1.82, 2.24) is 10.2 Å². The number of nitrogens with zero attached hydrogens (tertiary/aromatic N) is 1. The van der Waals surface area contributed by atoms with Gasteiger partial charge in [0.25, 0.3) is 0 Å². The number of aliphatic carboxylic acids is 1. The molecule has 1 heterocycles. The fourth-order valence-corrected chi connectivity index (χ4v) is 3.59. The summed E-state index contributed by atoms with van der Waals surface area (Å²) in [7, 11) is 1.56. The number of ether oxygens (including phenoxy) is 1. The molecule has 0 aromatic rings. The Morgan fingerprint density at radius 2 is 2.26 bits per heavy atom. The maximum absolute atomic E-state index is 12.2. The van der Waals surface area contributed by atoms with Crippen molar-refractivity contribution in [2.45, 2.75) is 44.1 Å². The summed E-state index contributed by atoms with van der Waals surface area (Å²) >= 11 is 1.53. The van der Waals surface area contributed by atoms with Gasteiger partial charge in [-0.05, 0) is 13.3 Å². The number of carboxylic acids is 1. The van der Waals surface area contributed by atoms with Gasteiger partial charge < -0.3 is 15.2 Å². The Bertz CT molecular complexity index is 327. The summed E-state index contributed by atoms with van der Waals surface area (Å²) in [5.74, 6) is -0.493. The number of hydrogen-bond donors (Lipinski definition) is 2. The summed E-state index contributed by atoms with van der Waals surface area (Å²) in [6.45, 7) is 4.26. The molecule has 0 aromatic carbocycles. The molecular formula is C12H22N2O4S. The van der Waals surface area contributed by atoms with Crippen molar-refractivity contribution in [2.24, 2.45) is 0 Å². The molecule has 7 heteroatoms. The lowest BCUT2D eigenvalue weighted by molar-refractivity contribution is -0.141. The minimum Gasteiger partial charge on any atom is -0.480 e. The van der Waals surface area contributed by atoms with E-state index >= 15 is 0 Å². The third-order valence-electron chi connectivity index (χ3n) is 2.93. The average molecular weight is 290 g/mol. The van der Waals surface area contributed by atoms with Crippen LogP contribution in [-0.2, 0) is 9.53 Å². The van der Waals surface area contributed by atoms with Crippen LogP contribution in [0.5, 0.6) is 0 Å². The monoisotopic (exact) mass is 290 g/mol. The first kappa shape index (κ1) is 16.1. The molecule has 0 radical (unpaired) electrons. The van der Waals surface area contributed by atoms with Gasteiger partial charge in [0.2, 0.25) is 0 Å². The number of hydrogen-bond acceptors (Lipinski definition) is 4. The Labute approximate surface area is 117 Å². The molecule has 110 valence electrons. The number of carbonyl (C=O) groups is 2. The largest absolute Gasteiger partial charge is 0.480 e. The number of thioether (sulfide) groups is 1. The summed E-state index contributed by atoms with van der Waals surface area (Å²) in [5.41, 5.74) is 0. The van der Waals surface area contributed by atoms with Crippen LogP contribution < -0.4 is 5.32 Å². The number of carboxylic acid groups (broad SMARTS) is 1. The van der Waals surface area contributed by atoms with Crippen LogP contribution in [0.2, 0.25) is 0 Å². The molecular weight excluding hydrogens is 268 g/mol. The Balaban J connectivity index is 2.71. The van der Waals surface area contributed by atoms with E-state index in [-0.39, 0.29) is 17.4 Å². The lowest BCUT2D eigenvalue weighted by Gasteiger charge is -2.28.